The third kappa shape index (κ3) is 2.45. The van der Waals surface area contributed by atoms with Crippen LogP contribution < -0.4 is 5.73 Å². The molecule has 4 nitrogen and oxygen atoms in total. The lowest BCUT2D eigenvalue weighted by atomic mass is 10.2. The van der Waals surface area contributed by atoms with Crippen molar-refractivity contribution in [2.24, 2.45) is 0 Å². The first-order chi connectivity index (χ1) is 9.19. The smallest absolute Gasteiger partial charge is 0.201 e. The van der Waals surface area contributed by atoms with Crippen molar-refractivity contribution in [3.05, 3.63) is 23.8 Å². The number of benzene rings is 1. The SMILES string of the molecule is CCN(CCn1c(N)nc2ccc(C)cc21)C1CC1. The van der Waals surface area contributed by atoms with E-state index in [-0.39, 0.29) is 0 Å². The van der Waals surface area contributed by atoms with Gasteiger partial charge in [-0.2, -0.15) is 0 Å². The topological polar surface area (TPSA) is 47.1 Å². The van der Waals surface area contributed by atoms with E-state index in [1.807, 2.05) is 0 Å². The molecule has 2 aromatic rings. The molecule has 1 aliphatic rings. The molecule has 19 heavy (non-hydrogen) atoms. The number of rotatable bonds is 5. The number of likely N-dealkylation sites (N-methyl/N-ethyl adjacent to an activating group) is 1. The Bertz CT molecular complexity index is 583. The summed E-state index contributed by atoms with van der Waals surface area (Å²) in [4.78, 5) is 6.98. The highest BCUT2D eigenvalue weighted by atomic mass is 15.2. The first kappa shape index (κ1) is 12.5. The molecule has 1 saturated carbocycles. The zero-order valence-electron chi connectivity index (χ0n) is 11.8. The summed E-state index contributed by atoms with van der Waals surface area (Å²) in [6.07, 6.45) is 2.71. The zero-order chi connectivity index (χ0) is 13.4. The van der Waals surface area contributed by atoms with Crippen molar-refractivity contribution in [1.82, 2.24) is 14.5 Å². The number of imidazole rings is 1. The maximum Gasteiger partial charge on any atom is 0.201 e. The molecule has 0 unspecified atom stereocenters. The van der Waals surface area contributed by atoms with Gasteiger partial charge in [-0.15, -0.1) is 0 Å². The van der Waals surface area contributed by atoms with Crippen LogP contribution in [0.4, 0.5) is 5.95 Å². The molecule has 0 saturated heterocycles. The molecular weight excluding hydrogens is 236 g/mol. The number of hydrogen-bond donors (Lipinski definition) is 1. The van der Waals surface area contributed by atoms with Crippen molar-refractivity contribution < 1.29 is 0 Å². The lowest BCUT2D eigenvalue weighted by molar-refractivity contribution is 0.268. The van der Waals surface area contributed by atoms with E-state index >= 15 is 0 Å². The average Bonchev–Trinajstić information content (AvgIpc) is 3.17. The second-order valence-corrected chi connectivity index (χ2v) is 5.47. The van der Waals surface area contributed by atoms with Gasteiger partial charge in [-0.25, -0.2) is 4.98 Å². The number of fused-ring (bicyclic) bond motifs is 1. The van der Waals surface area contributed by atoms with Gasteiger partial charge in [0.15, 0.2) is 0 Å². The molecule has 0 spiro atoms. The van der Waals surface area contributed by atoms with Gasteiger partial charge in [0.2, 0.25) is 5.95 Å². The lowest BCUT2D eigenvalue weighted by Crippen LogP contribution is -2.29. The number of nitrogens with two attached hydrogens (primary N) is 1. The molecule has 0 radical (unpaired) electrons. The molecule has 0 amide bonds. The normalized spacial score (nSPS) is 15.5. The van der Waals surface area contributed by atoms with Gasteiger partial charge in [0.25, 0.3) is 0 Å². The van der Waals surface area contributed by atoms with Crippen LogP contribution in [-0.4, -0.2) is 33.6 Å². The predicted molar refractivity (Wildman–Crippen MR) is 79.2 cm³/mol. The van der Waals surface area contributed by atoms with Crippen LogP contribution in [0.15, 0.2) is 18.2 Å². The number of nitrogens with zero attached hydrogens (tertiary/aromatic N) is 3. The van der Waals surface area contributed by atoms with Crippen LogP contribution in [0.5, 0.6) is 0 Å². The van der Waals surface area contributed by atoms with E-state index in [0.717, 1.165) is 36.7 Å². The number of anilines is 1. The van der Waals surface area contributed by atoms with E-state index in [1.54, 1.807) is 0 Å². The predicted octanol–water partition coefficient (Wildman–Crippen LogP) is 2.41. The summed E-state index contributed by atoms with van der Waals surface area (Å²) in [7, 11) is 0. The maximum absolute atomic E-state index is 6.06. The van der Waals surface area contributed by atoms with Crippen molar-refractivity contribution in [3.8, 4) is 0 Å². The molecular formula is C15H22N4. The number of aromatic nitrogens is 2. The van der Waals surface area contributed by atoms with Crippen molar-refractivity contribution in [1.29, 1.82) is 0 Å². The summed E-state index contributed by atoms with van der Waals surface area (Å²) in [5.74, 6) is 0.632. The van der Waals surface area contributed by atoms with Crippen LogP contribution in [0.3, 0.4) is 0 Å². The fourth-order valence-electron chi connectivity index (χ4n) is 2.75. The van der Waals surface area contributed by atoms with Gasteiger partial charge in [0.05, 0.1) is 11.0 Å². The summed E-state index contributed by atoms with van der Waals surface area (Å²) in [5, 5.41) is 0. The molecule has 4 heteroatoms. The number of aryl methyl sites for hydroxylation is 1. The molecule has 3 rings (SSSR count). The Morgan fingerprint density at radius 1 is 1.42 bits per heavy atom. The lowest BCUT2D eigenvalue weighted by Gasteiger charge is -2.20. The number of hydrogen-bond acceptors (Lipinski definition) is 3. The Balaban J connectivity index is 1.83. The van der Waals surface area contributed by atoms with Crippen LogP contribution in [-0.2, 0) is 6.54 Å². The minimum absolute atomic E-state index is 0.632. The van der Waals surface area contributed by atoms with Gasteiger partial charge >= 0.3 is 0 Å². The van der Waals surface area contributed by atoms with Gasteiger partial charge in [0, 0.05) is 19.1 Å². The van der Waals surface area contributed by atoms with Gasteiger partial charge < -0.3 is 10.3 Å². The highest BCUT2D eigenvalue weighted by molar-refractivity contribution is 5.79. The molecule has 0 atom stereocenters. The second-order valence-electron chi connectivity index (χ2n) is 5.47. The van der Waals surface area contributed by atoms with E-state index in [4.69, 9.17) is 5.73 Å². The summed E-state index contributed by atoms with van der Waals surface area (Å²) >= 11 is 0. The fourth-order valence-corrected chi connectivity index (χ4v) is 2.75. The van der Waals surface area contributed by atoms with Crippen LogP contribution >= 0.6 is 0 Å². The first-order valence-corrected chi connectivity index (χ1v) is 7.15. The van der Waals surface area contributed by atoms with Crippen LogP contribution in [0.25, 0.3) is 11.0 Å². The molecule has 1 fully saturated rings. The summed E-state index contributed by atoms with van der Waals surface area (Å²) in [6.45, 7) is 7.45. The van der Waals surface area contributed by atoms with Crippen molar-refractivity contribution >= 4 is 17.0 Å². The standard InChI is InChI=1S/C15H22N4/c1-3-18(12-5-6-12)8-9-19-14-10-11(2)4-7-13(14)17-15(19)16/h4,7,10,12H,3,5-6,8-9H2,1-2H3,(H2,16,17). The van der Waals surface area contributed by atoms with E-state index in [9.17, 15) is 0 Å². The van der Waals surface area contributed by atoms with Crippen LogP contribution in [0, 0.1) is 6.92 Å². The minimum atomic E-state index is 0.632. The zero-order valence-corrected chi connectivity index (χ0v) is 11.8. The molecule has 2 N–H and O–H groups in total. The van der Waals surface area contributed by atoms with Crippen LogP contribution in [0.2, 0.25) is 0 Å². The maximum atomic E-state index is 6.06. The Morgan fingerprint density at radius 3 is 2.89 bits per heavy atom. The van der Waals surface area contributed by atoms with Crippen LogP contribution in [0.1, 0.15) is 25.3 Å². The molecule has 1 aromatic heterocycles. The molecule has 102 valence electrons. The van der Waals surface area contributed by atoms with E-state index in [1.165, 1.54) is 18.4 Å². The molecule has 0 aliphatic heterocycles. The monoisotopic (exact) mass is 258 g/mol. The van der Waals surface area contributed by atoms with E-state index in [2.05, 4.69) is 46.5 Å². The van der Waals surface area contributed by atoms with Crippen molar-refractivity contribution in [3.63, 3.8) is 0 Å². The van der Waals surface area contributed by atoms with Gasteiger partial charge in [0.1, 0.15) is 0 Å². The number of nitrogen functional groups attached to an aromatic ring is 1. The van der Waals surface area contributed by atoms with Gasteiger partial charge in [-0.05, 0) is 44.0 Å². The third-order valence-corrected chi connectivity index (χ3v) is 4.01. The highest BCUT2D eigenvalue weighted by Gasteiger charge is 2.27. The largest absolute Gasteiger partial charge is 0.369 e. The molecule has 1 heterocycles. The molecule has 1 aromatic carbocycles. The van der Waals surface area contributed by atoms with Crippen molar-refractivity contribution in [2.75, 3.05) is 18.8 Å². The first-order valence-electron chi connectivity index (χ1n) is 7.15. The molecule has 0 bridgehead atoms. The summed E-state index contributed by atoms with van der Waals surface area (Å²) < 4.78 is 2.15. The second kappa shape index (κ2) is 4.85. The van der Waals surface area contributed by atoms with E-state index in [0.29, 0.717) is 5.95 Å². The Hall–Kier alpha value is -1.55. The fraction of sp³-hybridized carbons (Fsp3) is 0.533. The Morgan fingerprint density at radius 2 is 2.21 bits per heavy atom. The Kier molecular flexibility index (Phi) is 3.19. The van der Waals surface area contributed by atoms with Gasteiger partial charge in [-0.1, -0.05) is 13.0 Å². The quantitative estimate of drug-likeness (QED) is 0.896. The third-order valence-electron chi connectivity index (χ3n) is 4.01. The summed E-state index contributed by atoms with van der Waals surface area (Å²) in [5.41, 5.74) is 9.46. The van der Waals surface area contributed by atoms with E-state index < -0.39 is 0 Å². The van der Waals surface area contributed by atoms with Crippen molar-refractivity contribution in [2.45, 2.75) is 39.3 Å². The van der Waals surface area contributed by atoms with Gasteiger partial charge in [-0.3, -0.25) is 4.90 Å². The Labute approximate surface area is 114 Å². The highest BCUT2D eigenvalue weighted by Crippen LogP contribution is 2.27. The summed E-state index contributed by atoms with van der Waals surface area (Å²) in [6, 6.07) is 7.12. The minimum Gasteiger partial charge on any atom is -0.369 e. The average molecular weight is 258 g/mol. The molecule has 1 aliphatic carbocycles.